The Balaban J connectivity index is 1.81. The van der Waals surface area contributed by atoms with E-state index in [0.717, 1.165) is 5.82 Å². The highest BCUT2D eigenvalue weighted by Gasteiger charge is 2.31. The third-order valence-corrected chi connectivity index (χ3v) is 3.97. The van der Waals surface area contributed by atoms with Gasteiger partial charge in [0.2, 0.25) is 5.91 Å². The van der Waals surface area contributed by atoms with Gasteiger partial charge < -0.3 is 4.90 Å². The molecule has 0 N–H and O–H groups in total. The van der Waals surface area contributed by atoms with Crippen LogP contribution in [0, 0.1) is 12.8 Å². The molecule has 0 saturated heterocycles. The second-order valence-electron chi connectivity index (χ2n) is 5.67. The van der Waals surface area contributed by atoms with Crippen LogP contribution in [-0.2, 0) is 17.8 Å². The van der Waals surface area contributed by atoms with Gasteiger partial charge in [0, 0.05) is 12.1 Å². The van der Waals surface area contributed by atoms with E-state index in [1.165, 1.54) is 4.90 Å². The lowest BCUT2D eigenvalue weighted by Gasteiger charge is -2.29. The number of nitrogens with zero attached hydrogens (tertiary/aromatic N) is 4. The molecule has 0 saturated carbocycles. The summed E-state index contributed by atoms with van der Waals surface area (Å²) in [5, 5.41) is 4.26. The quantitative estimate of drug-likeness (QED) is 0.869. The van der Waals surface area contributed by atoms with Crippen LogP contribution in [0.2, 0.25) is 0 Å². The molecule has 0 fully saturated rings. The normalized spacial score (nSPS) is 17.1. The molecule has 1 aromatic heterocycles. The number of carbonyl (C=O) groups is 1. The van der Waals surface area contributed by atoms with E-state index < -0.39 is 13.0 Å². The molecular weight excluding hydrogens is 302 g/mol. The van der Waals surface area contributed by atoms with Crippen LogP contribution in [0.15, 0.2) is 30.3 Å². The number of aryl methyl sites for hydroxylation is 2. The monoisotopic (exact) mass is 320 g/mol. The maximum absolute atomic E-state index is 12.9. The maximum atomic E-state index is 12.9. The highest BCUT2D eigenvalue weighted by Crippen LogP contribution is 2.24. The predicted octanol–water partition coefficient (Wildman–Crippen LogP) is 2.45. The molecule has 1 aromatic carbocycles. The van der Waals surface area contributed by atoms with Gasteiger partial charge in [0.05, 0.1) is 19.0 Å². The van der Waals surface area contributed by atoms with Crippen molar-refractivity contribution < 1.29 is 13.6 Å². The summed E-state index contributed by atoms with van der Waals surface area (Å²) in [6, 6.07) is 8.61. The Morgan fingerprint density at radius 2 is 2.13 bits per heavy atom. The zero-order valence-corrected chi connectivity index (χ0v) is 12.8. The Bertz CT molecular complexity index is 687. The Kier molecular flexibility index (Phi) is 4.36. The molecule has 0 unspecified atom stereocenters. The summed E-state index contributed by atoms with van der Waals surface area (Å²) in [5.41, 5.74) is 0.498. The Labute approximate surface area is 132 Å². The molecule has 3 rings (SSSR count). The molecule has 1 aliphatic heterocycles. The standard InChI is InChI=1S/C16H18F2N4O/c1-11-19-15-8-7-12(9-22(15)20-11)16(23)21(10-14(17)18)13-5-3-2-4-6-13/h2-6,12,14H,7-10H2,1H3/t12-/m0/s1. The van der Waals surface area contributed by atoms with E-state index in [4.69, 9.17) is 0 Å². The van der Waals surface area contributed by atoms with Crippen molar-refractivity contribution in [3.63, 3.8) is 0 Å². The fourth-order valence-electron chi connectivity index (χ4n) is 2.92. The topological polar surface area (TPSA) is 51.0 Å². The van der Waals surface area contributed by atoms with Crippen molar-refractivity contribution in [2.24, 2.45) is 5.92 Å². The van der Waals surface area contributed by atoms with Crippen LogP contribution in [0.25, 0.3) is 0 Å². The number of anilines is 1. The van der Waals surface area contributed by atoms with Crippen molar-refractivity contribution in [2.45, 2.75) is 32.7 Å². The number of hydrogen-bond acceptors (Lipinski definition) is 3. The van der Waals surface area contributed by atoms with Crippen LogP contribution >= 0.6 is 0 Å². The van der Waals surface area contributed by atoms with E-state index in [9.17, 15) is 13.6 Å². The number of hydrogen-bond donors (Lipinski definition) is 0. The third-order valence-electron chi connectivity index (χ3n) is 3.97. The number of aromatic nitrogens is 3. The maximum Gasteiger partial charge on any atom is 0.256 e. The van der Waals surface area contributed by atoms with E-state index in [1.807, 2.05) is 0 Å². The largest absolute Gasteiger partial charge is 0.306 e. The van der Waals surface area contributed by atoms with E-state index in [0.29, 0.717) is 30.9 Å². The average molecular weight is 320 g/mol. The summed E-state index contributed by atoms with van der Waals surface area (Å²) < 4.78 is 27.6. The molecular formula is C16H18F2N4O. The summed E-state index contributed by atoms with van der Waals surface area (Å²) >= 11 is 0. The minimum absolute atomic E-state index is 0.282. The molecule has 2 aromatic rings. The van der Waals surface area contributed by atoms with Crippen LogP contribution in [0.4, 0.5) is 14.5 Å². The number of rotatable bonds is 4. The fraction of sp³-hybridized carbons (Fsp3) is 0.438. The summed E-state index contributed by atoms with van der Waals surface area (Å²) in [7, 11) is 0. The highest BCUT2D eigenvalue weighted by atomic mass is 19.3. The number of fused-ring (bicyclic) bond motifs is 1. The van der Waals surface area contributed by atoms with E-state index >= 15 is 0 Å². The summed E-state index contributed by atoms with van der Waals surface area (Å²) in [5.74, 6) is 0.880. The van der Waals surface area contributed by atoms with Gasteiger partial charge in [-0.25, -0.2) is 18.4 Å². The fourth-order valence-corrected chi connectivity index (χ4v) is 2.92. The van der Waals surface area contributed by atoms with Gasteiger partial charge in [-0.3, -0.25) is 4.79 Å². The molecule has 0 aliphatic carbocycles. The molecule has 1 aliphatic rings. The van der Waals surface area contributed by atoms with E-state index in [-0.39, 0.29) is 11.8 Å². The van der Waals surface area contributed by atoms with Crippen molar-refractivity contribution in [1.29, 1.82) is 0 Å². The van der Waals surface area contributed by atoms with Gasteiger partial charge >= 0.3 is 0 Å². The molecule has 1 atom stereocenters. The van der Waals surface area contributed by atoms with Crippen molar-refractivity contribution in [3.8, 4) is 0 Å². The first kappa shape index (κ1) is 15.6. The van der Waals surface area contributed by atoms with Crippen molar-refractivity contribution >= 4 is 11.6 Å². The van der Waals surface area contributed by atoms with Crippen molar-refractivity contribution in [1.82, 2.24) is 14.8 Å². The number of amides is 1. The Hall–Kier alpha value is -2.31. The number of alkyl halides is 2. The second kappa shape index (κ2) is 6.44. The van der Waals surface area contributed by atoms with Crippen LogP contribution < -0.4 is 4.90 Å². The molecule has 2 heterocycles. The molecule has 1 amide bonds. The number of carbonyl (C=O) groups excluding carboxylic acids is 1. The smallest absolute Gasteiger partial charge is 0.256 e. The van der Waals surface area contributed by atoms with Crippen LogP contribution in [-0.4, -0.2) is 33.6 Å². The van der Waals surface area contributed by atoms with E-state index in [1.54, 1.807) is 41.9 Å². The zero-order valence-electron chi connectivity index (χ0n) is 12.8. The van der Waals surface area contributed by atoms with Crippen molar-refractivity contribution in [2.75, 3.05) is 11.4 Å². The van der Waals surface area contributed by atoms with E-state index in [2.05, 4.69) is 10.1 Å². The van der Waals surface area contributed by atoms with Crippen molar-refractivity contribution in [3.05, 3.63) is 42.0 Å². The lowest BCUT2D eigenvalue weighted by Crippen LogP contribution is -2.42. The van der Waals surface area contributed by atoms with Gasteiger partial charge in [0.15, 0.2) is 0 Å². The van der Waals surface area contributed by atoms with Gasteiger partial charge in [-0.2, -0.15) is 5.10 Å². The van der Waals surface area contributed by atoms with Gasteiger partial charge in [-0.15, -0.1) is 0 Å². The van der Waals surface area contributed by atoms with Crippen LogP contribution in [0.5, 0.6) is 0 Å². The minimum Gasteiger partial charge on any atom is -0.306 e. The highest BCUT2D eigenvalue weighted by molar-refractivity contribution is 5.95. The lowest BCUT2D eigenvalue weighted by atomic mass is 9.98. The lowest BCUT2D eigenvalue weighted by molar-refractivity contribution is -0.123. The second-order valence-corrected chi connectivity index (χ2v) is 5.67. The van der Waals surface area contributed by atoms with Crippen LogP contribution in [0.1, 0.15) is 18.1 Å². The summed E-state index contributed by atoms with van der Waals surface area (Å²) in [4.78, 5) is 18.3. The van der Waals surface area contributed by atoms with Gasteiger partial charge in [-0.05, 0) is 25.5 Å². The number of para-hydroxylation sites is 1. The predicted molar refractivity (Wildman–Crippen MR) is 81.4 cm³/mol. The molecule has 122 valence electrons. The molecule has 23 heavy (non-hydrogen) atoms. The molecule has 7 heteroatoms. The Morgan fingerprint density at radius 3 is 2.83 bits per heavy atom. The number of benzene rings is 1. The van der Waals surface area contributed by atoms with Gasteiger partial charge in [0.25, 0.3) is 6.43 Å². The first-order valence-electron chi connectivity index (χ1n) is 7.59. The average Bonchev–Trinajstić information content (AvgIpc) is 2.91. The zero-order chi connectivity index (χ0) is 16.4. The van der Waals surface area contributed by atoms with Gasteiger partial charge in [0.1, 0.15) is 11.6 Å². The Morgan fingerprint density at radius 1 is 1.39 bits per heavy atom. The minimum atomic E-state index is -2.58. The summed E-state index contributed by atoms with van der Waals surface area (Å²) in [6.45, 7) is 1.60. The first-order chi connectivity index (χ1) is 11.0. The summed E-state index contributed by atoms with van der Waals surface area (Å²) in [6.07, 6.45) is -1.34. The molecule has 5 nitrogen and oxygen atoms in total. The van der Waals surface area contributed by atoms with Crippen LogP contribution in [0.3, 0.4) is 0 Å². The number of halogens is 2. The molecule has 0 radical (unpaired) electrons. The third kappa shape index (κ3) is 3.38. The molecule has 0 spiro atoms. The first-order valence-corrected chi connectivity index (χ1v) is 7.59. The SMILES string of the molecule is Cc1nc2n(n1)C[C@@H](C(=O)N(CC(F)F)c1ccccc1)CC2. The van der Waals surface area contributed by atoms with Gasteiger partial charge in [-0.1, -0.05) is 18.2 Å². The molecule has 0 bridgehead atoms.